The van der Waals surface area contributed by atoms with Gasteiger partial charge in [0.25, 0.3) is 5.91 Å². The van der Waals surface area contributed by atoms with E-state index in [0.717, 1.165) is 25.5 Å². The predicted molar refractivity (Wildman–Crippen MR) is 136 cm³/mol. The normalized spacial score (nSPS) is 23.1. The van der Waals surface area contributed by atoms with Gasteiger partial charge in [-0.1, -0.05) is 40.2 Å². The molecule has 0 saturated heterocycles. The molecular weight excluding hydrogens is 534 g/mol. The molecule has 1 aliphatic carbocycles. The molecule has 0 aromatic heterocycles. The molecule has 1 heterocycles. The number of carbonyl (C=O) groups excluding carboxylic acids is 2. The number of hydrazone groups is 1. The summed E-state index contributed by atoms with van der Waals surface area (Å²) < 4.78 is 30.2. The van der Waals surface area contributed by atoms with Crippen molar-refractivity contribution in [3.63, 3.8) is 0 Å². The number of nitrogens with zero attached hydrogens (tertiary/aromatic N) is 1. The Morgan fingerprint density at radius 2 is 1.91 bits per heavy atom. The van der Waals surface area contributed by atoms with E-state index >= 15 is 0 Å². The molecule has 1 atom stereocenters. The molecular formula is C25H28BrN3O5S. The van der Waals surface area contributed by atoms with Crippen LogP contribution in [0.4, 0.5) is 4.79 Å². The Hall–Kier alpha value is -2.72. The first-order valence-electron chi connectivity index (χ1n) is 11.5. The van der Waals surface area contributed by atoms with E-state index < -0.39 is 21.5 Å². The number of ether oxygens (including phenoxy) is 1. The monoisotopic (exact) mass is 561 g/mol. The first-order valence-corrected chi connectivity index (χ1v) is 14.2. The molecule has 10 heteroatoms. The number of hydrogen-bond acceptors (Lipinski definition) is 6. The summed E-state index contributed by atoms with van der Waals surface area (Å²) in [6.45, 7) is 2.00. The second-order valence-corrected chi connectivity index (χ2v) is 12.2. The van der Waals surface area contributed by atoms with Gasteiger partial charge in [0.2, 0.25) is 0 Å². The second-order valence-electron chi connectivity index (χ2n) is 9.29. The fraction of sp³-hybridized carbons (Fsp3) is 0.400. The number of hydrogen-bond donors (Lipinski definition) is 2. The van der Waals surface area contributed by atoms with Crippen LogP contribution in [-0.2, 0) is 14.6 Å². The van der Waals surface area contributed by atoms with Crippen LogP contribution in [-0.4, -0.2) is 44.0 Å². The summed E-state index contributed by atoms with van der Waals surface area (Å²) in [6, 6.07) is 13.9. The highest BCUT2D eigenvalue weighted by molar-refractivity contribution is 9.10. The topological polar surface area (TPSA) is 114 Å². The third kappa shape index (κ3) is 5.75. The molecule has 2 N–H and O–H groups in total. The van der Waals surface area contributed by atoms with Crippen molar-refractivity contribution in [3.05, 3.63) is 64.1 Å². The SMILES string of the molecule is C[C@@H](CC1CCC2(CC1)OC(=O)NN=C2c1ccc(S(C)(=O)=O)cc1Br)NC(=O)c1ccccc1. The minimum Gasteiger partial charge on any atom is -0.435 e. The summed E-state index contributed by atoms with van der Waals surface area (Å²) in [4.78, 5) is 24.8. The number of amides is 2. The number of benzene rings is 2. The van der Waals surface area contributed by atoms with Crippen molar-refractivity contribution in [2.45, 2.75) is 55.6 Å². The van der Waals surface area contributed by atoms with E-state index in [1.807, 2.05) is 25.1 Å². The average molecular weight is 562 g/mol. The maximum Gasteiger partial charge on any atom is 0.428 e. The van der Waals surface area contributed by atoms with E-state index in [1.165, 1.54) is 6.07 Å². The van der Waals surface area contributed by atoms with Gasteiger partial charge < -0.3 is 10.1 Å². The van der Waals surface area contributed by atoms with E-state index in [-0.39, 0.29) is 16.8 Å². The smallest absolute Gasteiger partial charge is 0.428 e. The van der Waals surface area contributed by atoms with Gasteiger partial charge in [0.1, 0.15) is 5.71 Å². The van der Waals surface area contributed by atoms with Crippen molar-refractivity contribution in [1.82, 2.24) is 10.7 Å². The highest BCUT2D eigenvalue weighted by atomic mass is 79.9. The largest absolute Gasteiger partial charge is 0.435 e. The molecule has 0 bridgehead atoms. The van der Waals surface area contributed by atoms with Crippen LogP contribution < -0.4 is 10.7 Å². The van der Waals surface area contributed by atoms with Crippen LogP contribution in [0.25, 0.3) is 0 Å². The molecule has 1 aliphatic heterocycles. The van der Waals surface area contributed by atoms with Gasteiger partial charge >= 0.3 is 6.09 Å². The molecule has 2 amide bonds. The van der Waals surface area contributed by atoms with Gasteiger partial charge in [-0.2, -0.15) is 5.10 Å². The van der Waals surface area contributed by atoms with Crippen molar-refractivity contribution < 1.29 is 22.7 Å². The average Bonchev–Trinajstić information content (AvgIpc) is 2.81. The summed E-state index contributed by atoms with van der Waals surface area (Å²) in [5.41, 5.74) is 3.40. The Kier molecular flexibility index (Phi) is 7.32. The van der Waals surface area contributed by atoms with Gasteiger partial charge in [-0.3, -0.25) is 4.79 Å². The van der Waals surface area contributed by atoms with Crippen LogP contribution in [0.1, 0.15) is 54.9 Å². The highest BCUT2D eigenvalue weighted by Gasteiger charge is 2.46. The van der Waals surface area contributed by atoms with Crippen molar-refractivity contribution in [2.24, 2.45) is 11.0 Å². The van der Waals surface area contributed by atoms with E-state index in [2.05, 4.69) is 31.8 Å². The molecule has 35 heavy (non-hydrogen) atoms. The fourth-order valence-corrected chi connectivity index (χ4v) is 6.22. The van der Waals surface area contributed by atoms with E-state index in [0.29, 0.717) is 40.1 Å². The van der Waals surface area contributed by atoms with Crippen LogP contribution >= 0.6 is 15.9 Å². The summed E-state index contributed by atoms with van der Waals surface area (Å²) in [5.74, 6) is 0.270. The lowest BCUT2D eigenvalue weighted by Crippen LogP contribution is -2.52. The summed E-state index contributed by atoms with van der Waals surface area (Å²) in [7, 11) is -3.36. The minimum absolute atomic E-state index is 0.00291. The van der Waals surface area contributed by atoms with Gasteiger partial charge in [-0.15, -0.1) is 0 Å². The maximum atomic E-state index is 12.5. The highest BCUT2D eigenvalue weighted by Crippen LogP contribution is 2.41. The standard InChI is InChI=1S/C25H28BrN3O5S/c1-16(27-23(30)18-6-4-3-5-7-18)14-17-10-12-25(13-11-17)22(28-29-24(31)34-25)20-9-8-19(15-21(20)26)35(2,32)33/h3-9,15-17H,10-14H2,1-2H3,(H,27,30)(H,29,31)/t16-,17?,25?/m0/s1. The molecule has 186 valence electrons. The minimum atomic E-state index is -3.36. The van der Waals surface area contributed by atoms with E-state index in [1.54, 1.807) is 24.3 Å². The lowest BCUT2D eigenvalue weighted by Gasteiger charge is -2.42. The lowest BCUT2D eigenvalue weighted by molar-refractivity contribution is 0.0154. The summed E-state index contributed by atoms with van der Waals surface area (Å²) >= 11 is 3.47. The molecule has 2 aliphatic rings. The van der Waals surface area contributed by atoms with Gasteiger partial charge in [-0.25, -0.2) is 18.6 Å². The Balaban J connectivity index is 1.45. The fourth-order valence-electron chi connectivity index (χ4n) is 4.85. The van der Waals surface area contributed by atoms with Crippen molar-refractivity contribution in [1.29, 1.82) is 0 Å². The van der Waals surface area contributed by atoms with Crippen LogP contribution in [0.15, 0.2) is 63.0 Å². The van der Waals surface area contributed by atoms with E-state index in [4.69, 9.17) is 4.74 Å². The maximum absolute atomic E-state index is 12.5. The Morgan fingerprint density at radius 1 is 1.23 bits per heavy atom. The van der Waals surface area contributed by atoms with Gasteiger partial charge in [0.15, 0.2) is 15.4 Å². The van der Waals surface area contributed by atoms with Gasteiger partial charge in [0, 0.05) is 27.9 Å². The van der Waals surface area contributed by atoms with Gasteiger partial charge in [0.05, 0.1) is 4.90 Å². The zero-order chi connectivity index (χ0) is 25.2. The number of nitrogens with one attached hydrogen (secondary N) is 2. The number of halogens is 1. The molecule has 1 fully saturated rings. The van der Waals surface area contributed by atoms with Crippen molar-refractivity contribution in [2.75, 3.05) is 6.26 Å². The first-order chi connectivity index (χ1) is 16.6. The first kappa shape index (κ1) is 25.4. The number of sulfone groups is 1. The Labute approximate surface area is 213 Å². The number of carbonyl (C=O) groups is 2. The molecule has 2 aromatic rings. The molecule has 0 unspecified atom stereocenters. The van der Waals surface area contributed by atoms with Crippen LogP contribution in [0.5, 0.6) is 0 Å². The summed E-state index contributed by atoms with van der Waals surface area (Å²) in [5, 5.41) is 7.39. The molecule has 0 radical (unpaired) electrons. The molecule has 8 nitrogen and oxygen atoms in total. The second kappa shape index (κ2) is 10.1. The van der Waals surface area contributed by atoms with Crippen LogP contribution in [0, 0.1) is 5.92 Å². The summed E-state index contributed by atoms with van der Waals surface area (Å²) in [6.07, 6.45) is 4.16. The lowest BCUT2D eigenvalue weighted by atomic mass is 9.73. The van der Waals surface area contributed by atoms with Crippen molar-refractivity contribution >= 4 is 43.5 Å². The van der Waals surface area contributed by atoms with Gasteiger partial charge in [-0.05, 0) is 69.2 Å². The third-order valence-electron chi connectivity index (χ3n) is 6.62. The molecule has 1 saturated carbocycles. The van der Waals surface area contributed by atoms with E-state index in [9.17, 15) is 18.0 Å². The molecule has 1 spiro atoms. The molecule has 2 aromatic carbocycles. The molecule has 4 rings (SSSR count). The van der Waals surface area contributed by atoms with Crippen molar-refractivity contribution in [3.8, 4) is 0 Å². The zero-order valence-electron chi connectivity index (χ0n) is 19.6. The Bertz CT molecular complexity index is 1260. The number of rotatable bonds is 6. The Morgan fingerprint density at radius 3 is 2.54 bits per heavy atom. The van der Waals surface area contributed by atoms with Crippen LogP contribution in [0.3, 0.4) is 0 Å². The third-order valence-corrected chi connectivity index (χ3v) is 8.38. The zero-order valence-corrected chi connectivity index (χ0v) is 22.0. The van der Waals surface area contributed by atoms with Crippen LogP contribution in [0.2, 0.25) is 0 Å². The predicted octanol–water partition coefficient (Wildman–Crippen LogP) is 4.43. The quantitative estimate of drug-likeness (QED) is 0.541.